The Balaban J connectivity index is 4.63. The average molecular weight is 1310 g/mol. The normalized spacial score (nSPS) is 26.6. The van der Waals surface area contributed by atoms with Gasteiger partial charge >= 0.3 is 0 Å². The Morgan fingerprint density at radius 3 is 1.41 bits per heavy atom. The molecule has 1 heterocycles. The van der Waals surface area contributed by atoms with Gasteiger partial charge in [0.1, 0.15) is 66.5 Å². The summed E-state index contributed by atoms with van der Waals surface area (Å²) in [5.74, 6) is -10.9. The fourth-order valence-electron chi connectivity index (χ4n) is 11.5. The molecule has 0 aromatic heterocycles. The monoisotopic (exact) mass is 1310 g/mol. The van der Waals surface area contributed by atoms with E-state index in [0.717, 1.165) is 14.7 Å². The number of likely N-dealkylation sites (N-methyl/N-ethyl adjacent to an activating group) is 6. The highest BCUT2D eigenvalue weighted by Crippen LogP contribution is 2.26. The summed E-state index contributed by atoms with van der Waals surface area (Å²) in [7, 11) is 8.33. The van der Waals surface area contributed by atoms with Gasteiger partial charge in [-0.15, -0.1) is 19.7 Å². The van der Waals surface area contributed by atoms with Crippen LogP contribution in [0.25, 0.3) is 0 Å². The van der Waals surface area contributed by atoms with Crippen LogP contribution in [-0.4, -0.2) is 252 Å². The fraction of sp³-hybridized carbons (Fsp3) is 0.721. The van der Waals surface area contributed by atoms with E-state index in [2.05, 4.69) is 41.0 Å². The summed E-state index contributed by atoms with van der Waals surface area (Å²) < 4.78 is 11.9. The van der Waals surface area contributed by atoms with Crippen LogP contribution in [0, 0.1) is 35.5 Å². The molecule has 11 amide bonds. The summed E-state index contributed by atoms with van der Waals surface area (Å²) in [4.78, 5) is 172. The van der Waals surface area contributed by atoms with Gasteiger partial charge in [-0.1, -0.05) is 113 Å². The number of hydrogen-bond acceptors (Lipinski definition) is 14. The smallest absolute Gasteiger partial charge is 0.248 e. The average Bonchev–Trinajstić information content (AvgIpc) is 0.823. The highest BCUT2D eigenvalue weighted by atomic mass is 16.5. The molecule has 0 aliphatic carbocycles. The van der Waals surface area contributed by atoms with Crippen molar-refractivity contribution >= 4 is 65.0 Å². The zero-order valence-corrected chi connectivity index (χ0v) is 60.0. The highest BCUT2D eigenvalue weighted by Gasteiger charge is 2.47. The van der Waals surface area contributed by atoms with Crippen molar-refractivity contribution in [3.8, 4) is 0 Å². The Morgan fingerprint density at radius 1 is 0.484 bits per heavy atom. The van der Waals surface area contributed by atoms with E-state index in [1.165, 1.54) is 101 Å². The van der Waals surface area contributed by atoms with Crippen molar-refractivity contribution in [2.45, 2.75) is 215 Å². The Morgan fingerprint density at radius 2 is 0.935 bits per heavy atom. The molecule has 0 saturated carbocycles. The van der Waals surface area contributed by atoms with E-state index >= 15 is 33.6 Å². The lowest BCUT2D eigenvalue weighted by Gasteiger charge is -2.41. The van der Waals surface area contributed by atoms with Crippen molar-refractivity contribution in [1.82, 2.24) is 55.6 Å². The number of aliphatic hydroxyl groups excluding tert-OH is 1. The predicted molar refractivity (Wildman–Crippen MR) is 359 cm³/mol. The van der Waals surface area contributed by atoms with E-state index in [1.54, 1.807) is 60.6 Å². The first-order valence-corrected chi connectivity index (χ1v) is 32.7. The zero-order chi connectivity index (χ0) is 71.8. The van der Waals surface area contributed by atoms with Crippen molar-refractivity contribution in [2.24, 2.45) is 35.5 Å². The van der Waals surface area contributed by atoms with Crippen LogP contribution in [-0.2, 0) is 62.2 Å². The lowest BCUT2D eigenvalue weighted by molar-refractivity contribution is -0.158. The molecule has 1 aliphatic rings. The van der Waals surface area contributed by atoms with Crippen molar-refractivity contribution in [2.75, 3.05) is 68.7 Å². The van der Waals surface area contributed by atoms with Gasteiger partial charge in [0.05, 0.1) is 32.0 Å². The first-order valence-electron chi connectivity index (χ1n) is 32.7. The van der Waals surface area contributed by atoms with Crippen LogP contribution in [0.2, 0.25) is 0 Å². The molecular formula is C68H117N11O14. The van der Waals surface area contributed by atoms with Crippen LogP contribution in [0.5, 0.6) is 0 Å². The van der Waals surface area contributed by atoms with Crippen LogP contribution in [0.4, 0.5) is 0 Å². The third-order valence-electron chi connectivity index (χ3n) is 16.9. The number of hydrogen-bond donors (Lipinski definition) is 5. The Hall–Kier alpha value is -6.99. The molecule has 14 atom stereocenters. The molecule has 0 radical (unpaired) electrons. The van der Waals surface area contributed by atoms with Crippen molar-refractivity contribution in [1.29, 1.82) is 0 Å². The number of ether oxygens (including phenoxy) is 2. The largest absolute Gasteiger partial charge is 0.390 e. The number of aliphatic hydroxyl groups is 1. The van der Waals surface area contributed by atoms with E-state index in [-0.39, 0.29) is 63.2 Å². The van der Waals surface area contributed by atoms with E-state index in [1.807, 2.05) is 41.5 Å². The maximum atomic E-state index is 15.4. The number of nitrogens with one attached hydrogen (secondary N) is 4. The SMILES string of the molecule is C=CCOC[C@@H]1C(=O)N(C)C([C@@H](C)OCC=C)C(=O)N[C@@H](C(C)C)C(=O)N(C)[C@@H](CC(C)C)C(=O)N[C@@H](C)C(=O)N[C@H](C)C(=O)N(C)[C@@H](CC(C)C)C(=O)N(C)[C@@H](CC(C)C)C(=O)N(C)[C@@H](C(C)C)C(=O)N(C)[C@@H]([C@H](O)[C@H](C)/C=C/C)C(=O)N[C@@H](CC)C(=O)N1CC=C. The summed E-state index contributed by atoms with van der Waals surface area (Å²) in [6.07, 6.45) is 5.09. The third-order valence-corrected chi connectivity index (χ3v) is 16.9. The zero-order valence-electron chi connectivity index (χ0n) is 60.0. The second-order valence-electron chi connectivity index (χ2n) is 26.7. The van der Waals surface area contributed by atoms with Gasteiger partial charge in [-0.25, -0.2) is 0 Å². The molecule has 1 rings (SSSR count). The lowest BCUT2D eigenvalue weighted by Crippen LogP contribution is -2.65. The predicted octanol–water partition coefficient (Wildman–Crippen LogP) is 3.55. The summed E-state index contributed by atoms with van der Waals surface area (Å²) >= 11 is 0. The number of allylic oxidation sites excluding steroid dienone is 1. The van der Waals surface area contributed by atoms with Gasteiger partial charge in [-0.3, -0.25) is 52.7 Å². The molecule has 1 aliphatic heterocycles. The number of carbonyl (C=O) groups excluding carboxylic acids is 11. The molecule has 25 nitrogen and oxygen atoms in total. The molecule has 0 bridgehead atoms. The minimum atomic E-state index is -1.72. The standard InChI is InChI=1S/C68H117N11O14/c1-26-31-44(16)57(80)56-61(84)71-48(30-5)63(86)79(32-27-2)52(38-92-33-28-3)66(89)77(24)55(47(19)93-34-29-4)60(83)72-53(42(12)13)67(90)73(20)49(35-39(6)7)59(82)69-45(17)58(81)70-46(18)62(85)74(21)50(36-40(8)9)64(87)75(22)51(37-41(10)11)65(88)76(23)54(43(14)15)68(91)78(56)25/h26-29,31,39-57,80H,2-4,30,32-38H2,1,5-25H3,(H,69,82)(H,70,81)(H,71,84)(H,72,83)/b31-26+/t44-,45+,46-,47-,48+,49+,50+,51+,52-,53+,54+,55?,56+,57-/m1/s1. The number of nitrogens with zero attached hydrogens (tertiary/aromatic N) is 7. The van der Waals surface area contributed by atoms with Gasteiger partial charge in [0, 0.05) is 54.7 Å². The molecule has 1 fully saturated rings. The molecule has 93 heavy (non-hydrogen) atoms. The van der Waals surface area contributed by atoms with Gasteiger partial charge < -0.3 is 70.1 Å². The summed E-state index contributed by atoms with van der Waals surface area (Å²) in [6.45, 7) is 37.6. The van der Waals surface area contributed by atoms with E-state index in [9.17, 15) is 24.3 Å². The van der Waals surface area contributed by atoms with E-state index < -0.39 is 168 Å². The number of rotatable bonds is 22. The van der Waals surface area contributed by atoms with Crippen LogP contribution in [0.1, 0.15) is 136 Å². The second-order valence-corrected chi connectivity index (χ2v) is 26.7. The minimum Gasteiger partial charge on any atom is -0.390 e. The summed E-state index contributed by atoms with van der Waals surface area (Å²) in [6, 6.07) is -15.0. The van der Waals surface area contributed by atoms with Gasteiger partial charge in [-0.2, -0.15) is 0 Å². The quantitative estimate of drug-likeness (QED) is 0.0766. The first-order chi connectivity index (χ1) is 43.3. The maximum Gasteiger partial charge on any atom is 0.248 e. The molecule has 0 aromatic carbocycles. The lowest BCUT2D eigenvalue weighted by atomic mass is 9.93. The highest BCUT2D eigenvalue weighted by molar-refractivity contribution is 6.00. The number of carbonyl (C=O) groups is 11. The van der Waals surface area contributed by atoms with Gasteiger partial charge in [0.15, 0.2) is 0 Å². The van der Waals surface area contributed by atoms with E-state index in [4.69, 9.17) is 9.47 Å². The second kappa shape index (κ2) is 39.7. The molecule has 5 N–H and O–H groups in total. The molecule has 0 aromatic rings. The van der Waals surface area contributed by atoms with Crippen LogP contribution < -0.4 is 21.3 Å². The van der Waals surface area contributed by atoms with E-state index in [0.29, 0.717) is 0 Å². The van der Waals surface area contributed by atoms with Crippen LogP contribution >= 0.6 is 0 Å². The van der Waals surface area contributed by atoms with Gasteiger partial charge in [0.25, 0.3) is 0 Å². The molecular weight excluding hydrogens is 1190 g/mol. The maximum absolute atomic E-state index is 15.4. The number of amides is 11. The molecule has 1 saturated heterocycles. The summed E-state index contributed by atoms with van der Waals surface area (Å²) in [5.41, 5.74) is 0. The molecule has 1 unspecified atom stereocenters. The Kier molecular flexibility index (Phi) is 35.8. The topological polar surface area (TPSA) is 297 Å². The van der Waals surface area contributed by atoms with Gasteiger partial charge in [-0.05, 0) is 83.0 Å². The fourth-order valence-corrected chi connectivity index (χ4v) is 11.5. The van der Waals surface area contributed by atoms with Crippen molar-refractivity contribution < 1.29 is 67.3 Å². The third kappa shape index (κ3) is 23.5. The molecule has 0 spiro atoms. The first kappa shape index (κ1) is 84.0. The van der Waals surface area contributed by atoms with Crippen LogP contribution in [0.3, 0.4) is 0 Å². The van der Waals surface area contributed by atoms with Crippen LogP contribution in [0.15, 0.2) is 50.1 Å². The minimum absolute atomic E-state index is 0.0745. The van der Waals surface area contributed by atoms with Crippen molar-refractivity contribution in [3.63, 3.8) is 0 Å². The van der Waals surface area contributed by atoms with Crippen molar-refractivity contribution in [3.05, 3.63) is 50.1 Å². The Labute approximate surface area is 555 Å². The van der Waals surface area contributed by atoms with Gasteiger partial charge in [0.2, 0.25) is 65.0 Å². The summed E-state index contributed by atoms with van der Waals surface area (Å²) in [5, 5.41) is 23.2. The molecule has 25 heteroatoms. The molecule has 528 valence electrons. The Bertz CT molecular complexity index is 2590.